The molecule has 1 aliphatic heterocycles. The normalized spacial score (nSPS) is 17.1. The highest BCUT2D eigenvalue weighted by Crippen LogP contribution is 2.28. The van der Waals surface area contributed by atoms with Gasteiger partial charge in [-0.05, 0) is 18.6 Å². The van der Waals surface area contributed by atoms with Crippen LogP contribution in [-0.4, -0.2) is 18.7 Å². The van der Waals surface area contributed by atoms with Crippen molar-refractivity contribution in [2.45, 2.75) is 19.4 Å². The maximum Gasteiger partial charge on any atom is 0.338 e. The van der Waals surface area contributed by atoms with Crippen LogP contribution >= 0.6 is 0 Å². The third kappa shape index (κ3) is 2.87. The number of hydrogen-bond donors (Lipinski definition) is 0. The third-order valence-electron chi connectivity index (χ3n) is 2.77. The van der Waals surface area contributed by atoms with Crippen LogP contribution in [0, 0.1) is 0 Å². The van der Waals surface area contributed by atoms with Crippen molar-refractivity contribution in [2.24, 2.45) is 0 Å². The standard InChI is InChI=1S/C15H16O3/c1-4-11-6-5-7-14(18-15(16)10(2)3)13(11)8-12-9-17-12/h4-7,12H,1-2,8-9H2,3H3. The zero-order chi connectivity index (χ0) is 13.1. The Hall–Kier alpha value is -1.87. The molecule has 1 aliphatic rings. The minimum absolute atomic E-state index is 0.230. The van der Waals surface area contributed by atoms with Gasteiger partial charge in [0, 0.05) is 17.6 Å². The lowest BCUT2D eigenvalue weighted by atomic mass is 10.0. The Labute approximate surface area is 107 Å². The average molecular weight is 244 g/mol. The smallest absolute Gasteiger partial charge is 0.338 e. The number of ether oxygens (including phenoxy) is 2. The fourth-order valence-electron chi connectivity index (χ4n) is 1.69. The first-order chi connectivity index (χ1) is 8.61. The van der Waals surface area contributed by atoms with E-state index in [4.69, 9.17) is 9.47 Å². The van der Waals surface area contributed by atoms with Gasteiger partial charge in [0.1, 0.15) is 5.75 Å². The van der Waals surface area contributed by atoms with Crippen molar-refractivity contribution in [3.63, 3.8) is 0 Å². The quantitative estimate of drug-likeness (QED) is 0.346. The molecular formula is C15H16O3. The lowest BCUT2D eigenvalue weighted by Gasteiger charge is -2.12. The molecule has 1 unspecified atom stereocenters. The summed E-state index contributed by atoms with van der Waals surface area (Å²) in [6.07, 6.45) is 2.73. The summed E-state index contributed by atoms with van der Waals surface area (Å²) in [6.45, 7) is 9.74. The van der Waals surface area contributed by atoms with Gasteiger partial charge in [0.25, 0.3) is 0 Å². The summed E-state index contributed by atoms with van der Waals surface area (Å²) in [4.78, 5) is 11.6. The molecule has 0 N–H and O–H groups in total. The van der Waals surface area contributed by atoms with Crippen molar-refractivity contribution >= 4 is 12.0 Å². The predicted molar refractivity (Wildman–Crippen MR) is 70.4 cm³/mol. The van der Waals surface area contributed by atoms with Gasteiger partial charge in [-0.15, -0.1) is 0 Å². The summed E-state index contributed by atoms with van der Waals surface area (Å²) in [7, 11) is 0. The van der Waals surface area contributed by atoms with Gasteiger partial charge in [-0.3, -0.25) is 0 Å². The second-order valence-electron chi connectivity index (χ2n) is 4.36. The van der Waals surface area contributed by atoms with E-state index in [0.29, 0.717) is 11.3 Å². The van der Waals surface area contributed by atoms with E-state index >= 15 is 0 Å². The Balaban J connectivity index is 2.29. The summed E-state index contributed by atoms with van der Waals surface area (Å²) in [5.41, 5.74) is 2.31. The Morgan fingerprint density at radius 1 is 1.61 bits per heavy atom. The predicted octanol–water partition coefficient (Wildman–Crippen LogP) is 2.75. The number of epoxide rings is 1. The van der Waals surface area contributed by atoms with Crippen LogP contribution in [0.4, 0.5) is 0 Å². The molecule has 0 amide bonds. The van der Waals surface area contributed by atoms with Gasteiger partial charge >= 0.3 is 5.97 Å². The van der Waals surface area contributed by atoms with E-state index in [1.54, 1.807) is 19.1 Å². The molecular weight excluding hydrogens is 228 g/mol. The van der Waals surface area contributed by atoms with Crippen molar-refractivity contribution in [2.75, 3.05) is 6.61 Å². The molecule has 1 aromatic rings. The second-order valence-corrected chi connectivity index (χ2v) is 4.36. The van der Waals surface area contributed by atoms with Gasteiger partial charge in [0.15, 0.2) is 0 Å². The first-order valence-corrected chi connectivity index (χ1v) is 5.85. The molecule has 1 fully saturated rings. The number of carbonyl (C=O) groups excluding carboxylic acids is 1. The summed E-state index contributed by atoms with van der Waals surface area (Å²) < 4.78 is 10.6. The second kappa shape index (κ2) is 5.19. The topological polar surface area (TPSA) is 38.8 Å². The number of esters is 1. The minimum atomic E-state index is -0.408. The summed E-state index contributed by atoms with van der Waals surface area (Å²) >= 11 is 0. The van der Waals surface area contributed by atoms with Crippen molar-refractivity contribution < 1.29 is 14.3 Å². The maximum absolute atomic E-state index is 11.6. The van der Waals surface area contributed by atoms with Crippen molar-refractivity contribution in [1.82, 2.24) is 0 Å². The van der Waals surface area contributed by atoms with Crippen LogP contribution in [0.5, 0.6) is 5.75 Å². The Morgan fingerprint density at radius 3 is 2.89 bits per heavy atom. The fourth-order valence-corrected chi connectivity index (χ4v) is 1.69. The molecule has 1 aromatic carbocycles. The van der Waals surface area contributed by atoms with E-state index in [1.165, 1.54) is 0 Å². The molecule has 2 rings (SSSR count). The van der Waals surface area contributed by atoms with E-state index in [2.05, 4.69) is 13.2 Å². The number of benzene rings is 1. The van der Waals surface area contributed by atoms with Gasteiger partial charge in [0.2, 0.25) is 0 Å². The van der Waals surface area contributed by atoms with Gasteiger partial charge in [-0.2, -0.15) is 0 Å². The van der Waals surface area contributed by atoms with Gasteiger partial charge in [-0.25, -0.2) is 4.79 Å². The zero-order valence-electron chi connectivity index (χ0n) is 10.4. The molecule has 0 aromatic heterocycles. The summed E-state index contributed by atoms with van der Waals surface area (Å²) in [5, 5.41) is 0. The molecule has 1 saturated heterocycles. The van der Waals surface area contributed by atoms with Crippen LogP contribution in [0.1, 0.15) is 18.1 Å². The third-order valence-corrected chi connectivity index (χ3v) is 2.77. The van der Waals surface area contributed by atoms with E-state index in [9.17, 15) is 4.79 Å². The van der Waals surface area contributed by atoms with Crippen molar-refractivity contribution in [1.29, 1.82) is 0 Å². The molecule has 18 heavy (non-hydrogen) atoms. The highest BCUT2D eigenvalue weighted by atomic mass is 16.6. The highest BCUT2D eigenvalue weighted by molar-refractivity contribution is 5.89. The Morgan fingerprint density at radius 2 is 2.33 bits per heavy atom. The number of rotatable bonds is 5. The van der Waals surface area contributed by atoms with Crippen LogP contribution < -0.4 is 4.74 Å². The van der Waals surface area contributed by atoms with Crippen molar-refractivity contribution in [3.05, 3.63) is 48.1 Å². The SMILES string of the molecule is C=Cc1cccc(OC(=O)C(=C)C)c1CC1CO1. The highest BCUT2D eigenvalue weighted by Gasteiger charge is 2.25. The number of carbonyl (C=O) groups is 1. The van der Waals surface area contributed by atoms with Crippen LogP contribution in [0.25, 0.3) is 6.08 Å². The van der Waals surface area contributed by atoms with Crippen LogP contribution in [0.3, 0.4) is 0 Å². The Bertz CT molecular complexity index is 498. The molecule has 0 bridgehead atoms. The lowest BCUT2D eigenvalue weighted by Crippen LogP contribution is -2.11. The van der Waals surface area contributed by atoms with Crippen LogP contribution in [-0.2, 0) is 16.0 Å². The first-order valence-electron chi connectivity index (χ1n) is 5.85. The zero-order valence-corrected chi connectivity index (χ0v) is 10.4. The number of hydrogen-bond acceptors (Lipinski definition) is 3. The molecule has 0 aliphatic carbocycles. The van der Waals surface area contributed by atoms with E-state index in [1.807, 2.05) is 12.1 Å². The van der Waals surface area contributed by atoms with Gasteiger partial charge in [-0.1, -0.05) is 31.4 Å². The molecule has 0 saturated carbocycles. The molecule has 3 heteroatoms. The first kappa shape index (κ1) is 12.6. The largest absolute Gasteiger partial charge is 0.423 e. The van der Waals surface area contributed by atoms with Gasteiger partial charge < -0.3 is 9.47 Å². The van der Waals surface area contributed by atoms with Crippen LogP contribution in [0.2, 0.25) is 0 Å². The molecule has 0 spiro atoms. The maximum atomic E-state index is 11.6. The van der Waals surface area contributed by atoms with Crippen LogP contribution in [0.15, 0.2) is 36.9 Å². The molecule has 94 valence electrons. The molecule has 1 atom stereocenters. The molecule has 3 nitrogen and oxygen atoms in total. The van der Waals surface area contributed by atoms with E-state index in [0.717, 1.165) is 24.2 Å². The van der Waals surface area contributed by atoms with Crippen molar-refractivity contribution in [3.8, 4) is 5.75 Å². The minimum Gasteiger partial charge on any atom is -0.423 e. The summed E-state index contributed by atoms with van der Waals surface area (Å²) in [5.74, 6) is 0.157. The van der Waals surface area contributed by atoms with Gasteiger partial charge in [0.05, 0.1) is 12.7 Å². The fraction of sp³-hybridized carbons (Fsp3) is 0.267. The average Bonchev–Trinajstić information content (AvgIpc) is 3.15. The van der Waals surface area contributed by atoms with E-state index < -0.39 is 5.97 Å². The lowest BCUT2D eigenvalue weighted by molar-refractivity contribution is -0.130. The summed E-state index contributed by atoms with van der Waals surface area (Å²) in [6, 6.07) is 5.57. The Kier molecular flexibility index (Phi) is 3.63. The van der Waals surface area contributed by atoms with E-state index in [-0.39, 0.29) is 6.10 Å². The molecule has 1 heterocycles. The molecule has 0 radical (unpaired) electrons. The monoisotopic (exact) mass is 244 g/mol.